The normalized spacial score (nSPS) is 23.2. The van der Waals surface area contributed by atoms with Crippen LogP contribution in [0.4, 0.5) is 5.69 Å². The van der Waals surface area contributed by atoms with Crippen LogP contribution in [0.25, 0.3) is 0 Å². The van der Waals surface area contributed by atoms with Crippen molar-refractivity contribution in [2.45, 2.75) is 41.6 Å². The highest BCUT2D eigenvalue weighted by molar-refractivity contribution is 9.10. The van der Waals surface area contributed by atoms with Crippen LogP contribution in [0.5, 0.6) is 0 Å². The first-order valence-electron chi connectivity index (χ1n) is 10.8. The molecule has 1 fully saturated rings. The van der Waals surface area contributed by atoms with E-state index < -0.39 is 38.6 Å². The van der Waals surface area contributed by atoms with Gasteiger partial charge in [0, 0.05) is 43.0 Å². The Morgan fingerprint density at radius 2 is 2.11 bits per heavy atom. The van der Waals surface area contributed by atoms with E-state index in [9.17, 15) is 24.5 Å². The summed E-state index contributed by atoms with van der Waals surface area (Å²) in [4.78, 5) is 54.4. The molecule has 0 radical (unpaired) electrons. The number of aromatic nitrogens is 2. The zero-order valence-electron chi connectivity index (χ0n) is 18.8. The summed E-state index contributed by atoms with van der Waals surface area (Å²) in [6.07, 6.45) is 0.830. The Morgan fingerprint density at radius 1 is 1.36 bits per heavy atom. The number of nitro groups is 1. The number of halogens is 1. The molecule has 188 valence electrons. The SMILES string of the molecule is CC(=O)OC(c1cn2c(n1)CSCC2)C1(Br)C(=O)N2C(C(=O)OCc3ccc([N+](=O)[O-])cc3)=CS[C@@H]21. The van der Waals surface area contributed by atoms with Crippen LogP contribution >= 0.6 is 39.5 Å². The summed E-state index contributed by atoms with van der Waals surface area (Å²) in [5, 5.41) is 11.8. The first kappa shape index (κ1) is 24.8. The first-order valence-corrected chi connectivity index (χ1v) is 13.7. The van der Waals surface area contributed by atoms with Gasteiger partial charge in [0.2, 0.25) is 0 Å². The number of benzene rings is 1. The number of carbonyl (C=O) groups is 3. The third kappa shape index (κ3) is 4.20. The zero-order valence-corrected chi connectivity index (χ0v) is 22.0. The van der Waals surface area contributed by atoms with Crippen LogP contribution in [-0.4, -0.2) is 52.7 Å². The maximum atomic E-state index is 13.4. The second-order valence-corrected chi connectivity index (χ2v) is 11.6. The number of hydrogen-bond acceptors (Lipinski definition) is 10. The minimum absolute atomic E-state index is 0.0673. The largest absolute Gasteiger partial charge is 0.456 e. The number of non-ortho nitro benzene ring substituents is 1. The predicted molar refractivity (Wildman–Crippen MR) is 134 cm³/mol. The summed E-state index contributed by atoms with van der Waals surface area (Å²) in [6.45, 7) is 1.94. The molecular weight excluding hydrogens is 576 g/mol. The zero-order chi connectivity index (χ0) is 25.6. The van der Waals surface area contributed by atoms with Gasteiger partial charge < -0.3 is 14.0 Å². The Kier molecular flexibility index (Phi) is 6.59. The van der Waals surface area contributed by atoms with E-state index in [1.54, 1.807) is 17.2 Å². The molecule has 2 aromatic rings. The molecule has 5 rings (SSSR count). The number of nitrogens with zero attached hydrogens (tertiary/aromatic N) is 4. The molecule has 0 N–H and O–H groups in total. The van der Waals surface area contributed by atoms with Crippen LogP contribution in [-0.2, 0) is 42.8 Å². The summed E-state index contributed by atoms with van der Waals surface area (Å²) in [7, 11) is 0. The van der Waals surface area contributed by atoms with Gasteiger partial charge in [-0.05, 0) is 17.7 Å². The van der Waals surface area contributed by atoms with Crippen LogP contribution in [0.1, 0.15) is 30.1 Å². The molecule has 4 heterocycles. The van der Waals surface area contributed by atoms with Crippen LogP contribution in [0.2, 0.25) is 0 Å². The number of carbonyl (C=O) groups excluding carboxylic acids is 3. The maximum Gasteiger partial charge on any atom is 0.355 e. The number of alkyl halides is 1. The molecule has 11 nitrogen and oxygen atoms in total. The van der Waals surface area contributed by atoms with E-state index in [1.165, 1.54) is 47.9 Å². The van der Waals surface area contributed by atoms with Crippen molar-refractivity contribution in [2.24, 2.45) is 0 Å². The smallest absolute Gasteiger partial charge is 0.355 e. The lowest BCUT2D eigenvalue weighted by molar-refractivity contribution is -0.384. The van der Waals surface area contributed by atoms with Crippen molar-refractivity contribution >= 4 is 63.0 Å². The molecule has 3 atom stereocenters. The van der Waals surface area contributed by atoms with E-state index in [1.807, 2.05) is 10.8 Å². The molecule has 2 unspecified atom stereocenters. The van der Waals surface area contributed by atoms with E-state index >= 15 is 0 Å². The van der Waals surface area contributed by atoms with Crippen LogP contribution < -0.4 is 0 Å². The van der Waals surface area contributed by atoms with E-state index in [4.69, 9.17) is 9.47 Å². The topological polar surface area (TPSA) is 134 Å². The fourth-order valence-electron chi connectivity index (χ4n) is 4.19. The van der Waals surface area contributed by atoms with Crippen molar-refractivity contribution < 1.29 is 28.8 Å². The second-order valence-electron chi connectivity index (χ2n) is 8.25. The first-order chi connectivity index (χ1) is 17.2. The highest BCUT2D eigenvalue weighted by Crippen LogP contribution is 2.58. The highest BCUT2D eigenvalue weighted by atomic mass is 79.9. The molecular formula is C22H19BrN4O7S2. The number of fused-ring (bicyclic) bond motifs is 2. The minimum atomic E-state index is -1.31. The van der Waals surface area contributed by atoms with Gasteiger partial charge in [-0.1, -0.05) is 15.9 Å². The molecule has 0 spiro atoms. The standard InChI is InChI=1S/C22H19BrN4O7S2/c1-12(28)34-18(15-8-25-6-7-35-11-17(25)24-15)22(23)20(30)26-16(10-36-21(22)26)19(29)33-9-13-2-4-14(5-3-13)27(31)32/h2-5,8,10,18,21H,6-7,9,11H2,1H3/t18?,21-,22?/m1/s1. The molecule has 0 bridgehead atoms. The lowest BCUT2D eigenvalue weighted by atomic mass is 9.89. The molecule has 1 saturated heterocycles. The highest BCUT2D eigenvalue weighted by Gasteiger charge is 2.69. The van der Waals surface area contributed by atoms with Crippen molar-refractivity contribution in [2.75, 3.05) is 5.75 Å². The third-order valence-corrected chi connectivity index (χ3v) is 9.58. The second kappa shape index (κ2) is 9.56. The lowest BCUT2D eigenvalue weighted by Crippen LogP contribution is -2.70. The number of thioether (sulfide) groups is 2. The van der Waals surface area contributed by atoms with Crippen LogP contribution in [0.15, 0.2) is 41.6 Å². The number of nitro benzene ring substituents is 1. The molecule has 0 aliphatic carbocycles. The number of amides is 1. The van der Waals surface area contributed by atoms with Crippen LogP contribution in [0, 0.1) is 10.1 Å². The van der Waals surface area contributed by atoms with Crippen molar-refractivity contribution in [3.05, 3.63) is 68.8 Å². The summed E-state index contributed by atoms with van der Waals surface area (Å²) in [5.41, 5.74) is 1.05. The summed E-state index contributed by atoms with van der Waals surface area (Å²) >= 11 is 6.55. The Balaban J connectivity index is 1.30. The Morgan fingerprint density at radius 3 is 2.78 bits per heavy atom. The van der Waals surface area contributed by atoms with Gasteiger partial charge in [0.1, 0.15) is 29.2 Å². The summed E-state index contributed by atoms with van der Waals surface area (Å²) < 4.78 is 11.6. The Bertz CT molecular complexity index is 1270. The molecule has 3 aliphatic rings. The number of β-lactam (4-membered cyclic amide) rings is 1. The van der Waals surface area contributed by atoms with Gasteiger partial charge >= 0.3 is 11.9 Å². The van der Waals surface area contributed by atoms with Gasteiger partial charge in [-0.2, -0.15) is 11.8 Å². The quantitative estimate of drug-likeness (QED) is 0.154. The third-order valence-electron chi connectivity index (χ3n) is 5.95. The molecule has 36 heavy (non-hydrogen) atoms. The van der Waals surface area contributed by atoms with Crippen LogP contribution in [0.3, 0.4) is 0 Å². The number of rotatable bonds is 7. The van der Waals surface area contributed by atoms with E-state index in [0.717, 1.165) is 23.9 Å². The summed E-state index contributed by atoms with van der Waals surface area (Å²) in [6, 6.07) is 5.64. The molecule has 14 heteroatoms. The monoisotopic (exact) mass is 594 g/mol. The van der Waals surface area contributed by atoms with E-state index in [2.05, 4.69) is 20.9 Å². The Hall–Kier alpha value is -2.84. The molecule has 0 saturated carbocycles. The molecule has 3 aliphatic heterocycles. The fraction of sp³-hybridized carbons (Fsp3) is 0.364. The number of hydrogen-bond donors (Lipinski definition) is 0. The molecule has 1 aromatic carbocycles. The van der Waals surface area contributed by atoms with Crippen molar-refractivity contribution in [1.29, 1.82) is 0 Å². The van der Waals surface area contributed by atoms with Gasteiger partial charge in [0.15, 0.2) is 10.4 Å². The van der Waals surface area contributed by atoms with E-state index in [-0.39, 0.29) is 18.0 Å². The van der Waals surface area contributed by atoms with E-state index in [0.29, 0.717) is 11.3 Å². The summed E-state index contributed by atoms with van der Waals surface area (Å²) in [5.74, 6) is 0.829. The fourth-order valence-corrected chi connectivity index (χ4v) is 7.34. The van der Waals surface area contributed by atoms with Gasteiger partial charge in [-0.15, -0.1) is 11.8 Å². The number of imidazole rings is 1. The number of ether oxygens (including phenoxy) is 2. The van der Waals surface area contributed by atoms with Gasteiger partial charge in [0.05, 0.1) is 10.7 Å². The molecule has 1 aromatic heterocycles. The van der Waals surface area contributed by atoms with Crippen molar-refractivity contribution in [1.82, 2.24) is 14.5 Å². The van der Waals surface area contributed by atoms with Crippen molar-refractivity contribution in [3.8, 4) is 0 Å². The average Bonchev–Trinajstić information content (AvgIpc) is 3.48. The number of aryl methyl sites for hydroxylation is 1. The van der Waals surface area contributed by atoms with Gasteiger partial charge in [-0.3, -0.25) is 24.6 Å². The van der Waals surface area contributed by atoms with Gasteiger partial charge in [-0.25, -0.2) is 9.78 Å². The van der Waals surface area contributed by atoms with Gasteiger partial charge in [0.25, 0.3) is 11.6 Å². The average molecular weight is 595 g/mol. The Labute approximate surface area is 221 Å². The number of esters is 2. The minimum Gasteiger partial charge on any atom is -0.456 e. The predicted octanol–water partition coefficient (Wildman–Crippen LogP) is 3.28. The lowest BCUT2D eigenvalue weighted by Gasteiger charge is -2.51. The van der Waals surface area contributed by atoms with Crippen molar-refractivity contribution in [3.63, 3.8) is 0 Å². The molecule has 1 amide bonds. The maximum absolute atomic E-state index is 13.4.